The van der Waals surface area contributed by atoms with Gasteiger partial charge in [0.15, 0.2) is 0 Å². The summed E-state index contributed by atoms with van der Waals surface area (Å²) in [6.45, 7) is 2.14. The number of nitrogens with one attached hydrogen (secondary N) is 1. The minimum absolute atomic E-state index is 0.344. The number of benzene rings is 1. The van der Waals surface area contributed by atoms with E-state index in [4.69, 9.17) is 11.6 Å². The summed E-state index contributed by atoms with van der Waals surface area (Å²) in [5, 5.41) is 3.98. The molecule has 1 unspecified atom stereocenters. The minimum atomic E-state index is -0.344. The molecule has 0 saturated heterocycles. The summed E-state index contributed by atoms with van der Waals surface area (Å²) < 4.78 is 4.69. The lowest BCUT2D eigenvalue weighted by Gasteiger charge is -2.16. The van der Waals surface area contributed by atoms with Gasteiger partial charge in [0.25, 0.3) is 0 Å². The average molecular weight is 254 g/mol. The molecule has 1 N–H and O–H groups in total. The highest BCUT2D eigenvalue weighted by atomic mass is 35.5. The number of anilines is 1. The van der Waals surface area contributed by atoms with Gasteiger partial charge in [0.1, 0.15) is 0 Å². The molecule has 92 valence electrons. The van der Waals surface area contributed by atoms with Crippen LogP contribution in [0.2, 0.25) is 5.02 Å². The van der Waals surface area contributed by atoms with E-state index in [1.165, 1.54) is 20.0 Å². The quantitative estimate of drug-likeness (QED) is 0.837. The third-order valence-electron chi connectivity index (χ3n) is 3.10. The van der Waals surface area contributed by atoms with Crippen LogP contribution < -0.4 is 5.32 Å². The van der Waals surface area contributed by atoms with E-state index in [0.29, 0.717) is 16.6 Å². The van der Waals surface area contributed by atoms with Gasteiger partial charge < -0.3 is 10.1 Å². The summed E-state index contributed by atoms with van der Waals surface area (Å²) in [7, 11) is 1.37. The zero-order chi connectivity index (χ0) is 12.4. The van der Waals surface area contributed by atoms with Gasteiger partial charge in [0.05, 0.1) is 23.4 Å². The lowest BCUT2D eigenvalue weighted by Crippen LogP contribution is -2.17. The minimum Gasteiger partial charge on any atom is -0.465 e. The van der Waals surface area contributed by atoms with Gasteiger partial charge in [-0.1, -0.05) is 11.6 Å². The molecular formula is C13H16ClNO2. The van der Waals surface area contributed by atoms with Gasteiger partial charge in [0, 0.05) is 6.04 Å². The van der Waals surface area contributed by atoms with Crippen molar-refractivity contribution in [3.63, 3.8) is 0 Å². The lowest BCUT2D eigenvalue weighted by molar-refractivity contribution is 0.0601. The van der Waals surface area contributed by atoms with E-state index in [1.807, 2.05) is 0 Å². The van der Waals surface area contributed by atoms with Gasteiger partial charge >= 0.3 is 5.97 Å². The topological polar surface area (TPSA) is 38.3 Å². The molecule has 0 heterocycles. The molecule has 0 aliphatic heterocycles. The third-order valence-corrected chi connectivity index (χ3v) is 3.43. The predicted molar refractivity (Wildman–Crippen MR) is 68.6 cm³/mol. The maximum absolute atomic E-state index is 11.4. The summed E-state index contributed by atoms with van der Waals surface area (Å²) >= 11 is 6.10. The molecular weight excluding hydrogens is 238 g/mol. The number of rotatable bonds is 4. The van der Waals surface area contributed by atoms with Crippen molar-refractivity contribution in [3.8, 4) is 0 Å². The number of hydrogen-bond donors (Lipinski definition) is 1. The molecule has 2 rings (SSSR count). The summed E-state index contributed by atoms with van der Waals surface area (Å²) in [5.74, 6) is 0.386. The molecule has 0 aromatic heterocycles. The van der Waals surface area contributed by atoms with E-state index in [2.05, 4.69) is 17.0 Å². The Morgan fingerprint density at radius 1 is 1.53 bits per heavy atom. The molecule has 1 aromatic rings. The van der Waals surface area contributed by atoms with Crippen LogP contribution in [-0.4, -0.2) is 19.1 Å². The number of ether oxygens (including phenoxy) is 1. The molecule has 4 heteroatoms. The van der Waals surface area contributed by atoms with Crippen LogP contribution in [0.5, 0.6) is 0 Å². The van der Waals surface area contributed by atoms with Crippen molar-refractivity contribution in [1.29, 1.82) is 0 Å². The average Bonchev–Trinajstić information content (AvgIpc) is 3.14. The first-order chi connectivity index (χ1) is 8.11. The molecule has 0 radical (unpaired) electrons. The first-order valence-electron chi connectivity index (χ1n) is 5.76. The van der Waals surface area contributed by atoms with Crippen LogP contribution in [0.3, 0.4) is 0 Å². The summed E-state index contributed by atoms with van der Waals surface area (Å²) in [4.78, 5) is 11.4. The van der Waals surface area contributed by atoms with Crippen molar-refractivity contribution in [2.75, 3.05) is 12.4 Å². The van der Waals surface area contributed by atoms with E-state index < -0.39 is 0 Å². The molecule has 1 aromatic carbocycles. The monoisotopic (exact) mass is 253 g/mol. The number of carbonyl (C=O) groups is 1. The van der Waals surface area contributed by atoms with Crippen LogP contribution in [0, 0.1) is 5.92 Å². The molecule has 1 fully saturated rings. The summed E-state index contributed by atoms with van der Waals surface area (Å²) in [6, 6.07) is 5.52. The highest BCUT2D eigenvalue weighted by molar-refractivity contribution is 6.33. The van der Waals surface area contributed by atoms with Crippen molar-refractivity contribution < 1.29 is 9.53 Å². The molecule has 1 atom stereocenters. The van der Waals surface area contributed by atoms with Gasteiger partial charge in [0.2, 0.25) is 0 Å². The van der Waals surface area contributed by atoms with Crippen molar-refractivity contribution in [1.82, 2.24) is 0 Å². The van der Waals surface area contributed by atoms with Crippen LogP contribution in [0.25, 0.3) is 0 Å². The van der Waals surface area contributed by atoms with E-state index in [-0.39, 0.29) is 5.97 Å². The highest BCUT2D eigenvalue weighted by Crippen LogP contribution is 2.35. The van der Waals surface area contributed by atoms with Crippen molar-refractivity contribution in [3.05, 3.63) is 28.8 Å². The fourth-order valence-electron chi connectivity index (χ4n) is 1.84. The molecule has 1 saturated carbocycles. The third kappa shape index (κ3) is 2.91. The van der Waals surface area contributed by atoms with E-state index in [1.54, 1.807) is 18.2 Å². The lowest BCUT2D eigenvalue weighted by atomic mass is 10.1. The Labute approximate surface area is 106 Å². The van der Waals surface area contributed by atoms with E-state index in [0.717, 1.165) is 11.6 Å². The Balaban J connectivity index is 2.16. The summed E-state index contributed by atoms with van der Waals surface area (Å²) in [6.07, 6.45) is 2.53. The number of carbonyl (C=O) groups excluding carboxylic acids is 1. The van der Waals surface area contributed by atoms with Gasteiger partial charge in [-0.25, -0.2) is 4.79 Å². The molecule has 17 heavy (non-hydrogen) atoms. The number of hydrogen-bond acceptors (Lipinski definition) is 3. The van der Waals surface area contributed by atoms with Gasteiger partial charge in [-0.3, -0.25) is 0 Å². The van der Waals surface area contributed by atoms with Crippen LogP contribution in [0.15, 0.2) is 18.2 Å². The van der Waals surface area contributed by atoms with E-state index >= 15 is 0 Å². The Bertz CT molecular complexity index is 429. The normalized spacial score (nSPS) is 16.4. The second-order valence-corrected chi connectivity index (χ2v) is 4.86. The Morgan fingerprint density at radius 2 is 2.24 bits per heavy atom. The van der Waals surface area contributed by atoms with Crippen molar-refractivity contribution >= 4 is 23.3 Å². The van der Waals surface area contributed by atoms with Gasteiger partial charge in [-0.05, 0) is 43.9 Å². The zero-order valence-corrected chi connectivity index (χ0v) is 10.8. The zero-order valence-electron chi connectivity index (χ0n) is 10.00. The molecule has 1 aliphatic carbocycles. The first kappa shape index (κ1) is 12.2. The van der Waals surface area contributed by atoms with Crippen molar-refractivity contribution in [2.45, 2.75) is 25.8 Å². The van der Waals surface area contributed by atoms with Gasteiger partial charge in [-0.2, -0.15) is 0 Å². The van der Waals surface area contributed by atoms with Crippen LogP contribution >= 0.6 is 11.6 Å². The second kappa shape index (κ2) is 4.96. The first-order valence-corrected chi connectivity index (χ1v) is 6.14. The SMILES string of the molecule is COC(=O)c1ccc(Cl)c(NC(C)C2CC2)c1. The van der Waals surface area contributed by atoms with Crippen molar-refractivity contribution in [2.24, 2.45) is 5.92 Å². The molecule has 0 amide bonds. The predicted octanol–water partition coefficient (Wildman–Crippen LogP) is 3.34. The number of methoxy groups -OCH3 is 1. The van der Waals surface area contributed by atoms with Crippen LogP contribution in [0.1, 0.15) is 30.1 Å². The fourth-order valence-corrected chi connectivity index (χ4v) is 2.01. The molecule has 0 spiro atoms. The Kier molecular flexibility index (Phi) is 3.57. The Morgan fingerprint density at radius 3 is 2.82 bits per heavy atom. The number of halogens is 1. The molecule has 0 bridgehead atoms. The number of esters is 1. The largest absolute Gasteiger partial charge is 0.465 e. The Hall–Kier alpha value is -1.22. The van der Waals surface area contributed by atoms with Crippen LogP contribution in [0.4, 0.5) is 5.69 Å². The second-order valence-electron chi connectivity index (χ2n) is 4.46. The van der Waals surface area contributed by atoms with E-state index in [9.17, 15) is 4.79 Å². The highest BCUT2D eigenvalue weighted by Gasteiger charge is 2.28. The maximum atomic E-state index is 11.4. The fraction of sp³-hybridized carbons (Fsp3) is 0.462. The smallest absolute Gasteiger partial charge is 0.337 e. The molecule has 1 aliphatic rings. The maximum Gasteiger partial charge on any atom is 0.337 e. The van der Waals surface area contributed by atoms with Gasteiger partial charge in [-0.15, -0.1) is 0 Å². The van der Waals surface area contributed by atoms with Crippen LogP contribution in [-0.2, 0) is 4.74 Å². The summed E-state index contributed by atoms with van der Waals surface area (Å²) in [5.41, 5.74) is 1.32. The standard InChI is InChI=1S/C13H16ClNO2/c1-8(9-3-4-9)15-12-7-10(13(16)17-2)5-6-11(12)14/h5-9,15H,3-4H2,1-2H3. The molecule has 3 nitrogen and oxygen atoms in total.